The van der Waals surface area contributed by atoms with Crippen LogP contribution in [0.5, 0.6) is 5.75 Å². The minimum Gasteiger partial charge on any atom is -0.490 e. The van der Waals surface area contributed by atoms with Crippen molar-refractivity contribution in [2.24, 2.45) is 0 Å². The lowest BCUT2D eigenvalue weighted by Gasteiger charge is -2.17. The number of likely N-dealkylation sites (N-methyl/N-ethyl adjacent to an activating group) is 1. The molecule has 0 radical (unpaired) electrons. The van der Waals surface area contributed by atoms with Crippen LogP contribution in [0, 0.1) is 6.92 Å². The first-order valence-corrected chi connectivity index (χ1v) is 7.24. The van der Waals surface area contributed by atoms with Crippen LogP contribution in [-0.2, 0) is 4.74 Å². The Morgan fingerprint density at radius 1 is 1.11 bits per heavy atom. The number of hydrogen-bond donors (Lipinski definition) is 0. The van der Waals surface area contributed by atoms with E-state index in [1.165, 1.54) is 0 Å². The fourth-order valence-corrected chi connectivity index (χ4v) is 2.06. The van der Waals surface area contributed by atoms with E-state index >= 15 is 0 Å². The highest BCUT2D eigenvalue weighted by Gasteiger charge is 2.02. The van der Waals surface area contributed by atoms with Gasteiger partial charge >= 0.3 is 0 Å². The predicted molar refractivity (Wildman–Crippen MR) is 80.3 cm³/mol. The van der Waals surface area contributed by atoms with Crippen molar-refractivity contribution < 1.29 is 9.47 Å². The van der Waals surface area contributed by atoms with Gasteiger partial charge in [-0.05, 0) is 37.7 Å². The van der Waals surface area contributed by atoms with Crippen molar-refractivity contribution in [1.29, 1.82) is 0 Å². The van der Waals surface area contributed by atoms with Crippen LogP contribution in [0.2, 0.25) is 5.02 Å². The van der Waals surface area contributed by atoms with Crippen LogP contribution in [0.1, 0.15) is 19.4 Å². The van der Waals surface area contributed by atoms with E-state index in [0.717, 1.165) is 37.6 Å². The number of benzene rings is 1. The molecule has 0 N–H and O–H groups in total. The molecule has 0 saturated heterocycles. The van der Waals surface area contributed by atoms with Gasteiger partial charge in [0.15, 0.2) is 0 Å². The second kappa shape index (κ2) is 9.18. The molecule has 108 valence electrons. The molecule has 0 saturated carbocycles. The minimum absolute atomic E-state index is 0.529. The van der Waals surface area contributed by atoms with Crippen LogP contribution in [-0.4, -0.2) is 44.4 Å². The van der Waals surface area contributed by atoms with Gasteiger partial charge in [-0.2, -0.15) is 0 Å². The molecule has 0 bridgehead atoms. The molecule has 0 fully saturated rings. The highest BCUT2D eigenvalue weighted by atomic mass is 35.5. The van der Waals surface area contributed by atoms with Crippen molar-refractivity contribution in [1.82, 2.24) is 4.90 Å². The molecule has 3 nitrogen and oxygen atoms in total. The number of halogens is 1. The maximum atomic E-state index is 6.08. The summed E-state index contributed by atoms with van der Waals surface area (Å²) >= 11 is 6.08. The van der Waals surface area contributed by atoms with E-state index in [2.05, 4.69) is 18.7 Å². The minimum atomic E-state index is 0.529. The SMILES string of the molecule is CCN(CC)CCOCCOc1ccc(C)cc1Cl. The molecule has 0 unspecified atom stereocenters. The molecule has 1 rings (SSSR count). The van der Waals surface area contributed by atoms with Gasteiger partial charge in [0, 0.05) is 6.54 Å². The molecule has 0 spiro atoms. The maximum Gasteiger partial charge on any atom is 0.138 e. The number of aryl methyl sites for hydroxylation is 1. The van der Waals surface area contributed by atoms with E-state index in [1.54, 1.807) is 0 Å². The third-order valence-corrected chi connectivity index (χ3v) is 3.31. The lowest BCUT2D eigenvalue weighted by atomic mass is 10.2. The molecule has 1 aromatic carbocycles. The van der Waals surface area contributed by atoms with Crippen LogP contribution in [0.15, 0.2) is 18.2 Å². The zero-order chi connectivity index (χ0) is 14.1. The summed E-state index contributed by atoms with van der Waals surface area (Å²) in [7, 11) is 0. The Bertz CT molecular complexity index is 367. The summed E-state index contributed by atoms with van der Waals surface area (Å²) in [6, 6.07) is 5.79. The molecule has 4 heteroatoms. The number of ether oxygens (including phenoxy) is 2. The smallest absolute Gasteiger partial charge is 0.138 e. The van der Waals surface area contributed by atoms with Gasteiger partial charge in [-0.3, -0.25) is 0 Å². The lowest BCUT2D eigenvalue weighted by Crippen LogP contribution is -2.27. The second-order valence-electron chi connectivity index (χ2n) is 4.42. The zero-order valence-electron chi connectivity index (χ0n) is 12.1. The van der Waals surface area contributed by atoms with Gasteiger partial charge in [0.25, 0.3) is 0 Å². The van der Waals surface area contributed by atoms with Crippen molar-refractivity contribution in [2.75, 3.05) is 39.5 Å². The molecular weight excluding hydrogens is 262 g/mol. The molecule has 1 aromatic rings. The molecule has 0 amide bonds. The third kappa shape index (κ3) is 6.28. The van der Waals surface area contributed by atoms with Crippen LogP contribution in [0.4, 0.5) is 0 Å². The van der Waals surface area contributed by atoms with E-state index in [-0.39, 0.29) is 0 Å². The van der Waals surface area contributed by atoms with Gasteiger partial charge in [-0.1, -0.05) is 31.5 Å². The average molecular weight is 286 g/mol. The number of nitrogens with zero attached hydrogens (tertiary/aromatic N) is 1. The monoisotopic (exact) mass is 285 g/mol. The molecule has 0 aliphatic heterocycles. The van der Waals surface area contributed by atoms with Crippen LogP contribution in [0.25, 0.3) is 0 Å². The summed E-state index contributed by atoms with van der Waals surface area (Å²) in [5.74, 6) is 0.722. The highest BCUT2D eigenvalue weighted by Crippen LogP contribution is 2.24. The summed E-state index contributed by atoms with van der Waals surface area (Å²) in [6.07, 6.45) is 0. The normalized spacial score (nSPS) is 11.0. The average Bonchev–Trinajstić information content (AvgIpc) is 2.40. The standard InChI is InChI=1S/C15H24ClNO2/c1-4-17(5-2)8-9-18-10-11-19-15-7-6-13(3)12-14(15)16/h6-7,12H,4-5,8-11H2,1-3H3. The van der Waals surface area contributed by atoms with Crippen molar-refractivity contribution >= 4 is 11.6 Å². The van der Waals surface area contributed by atoms with Crippen molar-refractivity contribution in [2.45, 2.75) is 20.8 Å². The number of rotatable bonds is 9. The Labute approximate surface area is 121 Å². The van der Waals surface area contributed by atoms with Crippen LogP contribution < -0.4 is 4.74 Å². The second-order valence-corrected chi connectivity index (χ2v) is 4.83. The quantitative estimate of drug-likeness (QED) is 0.649. The molecule has 19 heavy (non-hydrogen) atoms. The van der Waals surface area contributed by atoms with E-state index in [1.807, 2.05) is 25.1 Å². The first-order valence-electron chi connectivity index (χ1n) is 6.86. The van der Waals surface area contributed by atoms with Gasteiger partial charge in [0.05, 0.1) is 18.2 Å². The van der Waals surface area contributed by atoms with Crippen molar-refractivity contribution in [3.05, 3.63) is 28.8 Å². The van der Waals surface area contributed by atoms with Gasteiger partial charge in [-0.15, -0.1) is 0 Å². The Kier molecular flexibility index (Phi) is 7.87. The molecule has 0 heterocycles. The molecule has 0 aliphatic carbocycles. The van der Waals surface area contributed by atoms with Gasteiger partial charge in [0.2, 0.25) is 0 Å². The summed E-state index contributed by atoms with van der Waals surface area (Å²) < 4.78 is 11.1. The van der Waals surface area contributed by atoms with Crippen molar-refractivity contribution in [3.63, 3.8) is 0 Å². The Balaban J connectivity index is 2.14. The van der Waals surface area contributed by atoms with E-state index in [0.29, 0.717) is 18.2 Å². The molecular formula is C15H24ClNO2. The molecule has 0 aromatic heterocycles. The topological polar surface area (TPSA) is 21.7 Å². The highest BCUT2D eigenvalue weighted by molar-refractivity contribution is 6.32. The largest absolute Gasteiger partial charge is 0.490 e. The lowest BCUT2D eigenvalue weighted by molar-refractivity contribution is 0.0819. The van der Waals surface area contributed by atoms with E-state index < -0.39 is 0 Å². The van der Waals surface area contributed by atoms with Crippen molar-refractivity contribution in [3.8, 4) is 5.75 Å². The third-order valence-electron chi connectivity index (χ3n) is 3.02. The Morgan fingerprint density at radius 2 is 1.84 bits per heavy atom. The molecule has 0 aliphatic rings. The van der Waals surface area contributed by atoms with Gasteiger partial charge in [-0.25, -0.2) is 0 Å². The Hall–Kier alpha value is -0.770. The summed E-state index contributed by atoms with van der Waals surface area (Å²) in [4.78, 5) is 2.33. The van der Waals surface area contributed by atoms with E-state index in [4.69, 9.17) is 21.1 Å². The van der Waals surface area contributed by atoms with Gasteiger partial charge in [0.1, 0.15) is 12.4 Å². The fourth-order valence-electron chi connectivity index (χ4n) is 1.77. The number of hydrogen-bond acceptors (Lipinski definition) is 3. The summed E-state index contributed by atoms with van der Waals surface area (Å²) in [5.41, 5.74) is 1.13. The first kappa shape index (κ1) is 16.3. The van der Waals surface area contributed by atoms with Crippen LogP contribution >= 0.6 is 11.6 Å². The van der Waals surface area contributed by atoms with E-state index in [9.17, 15) is 0 Å². The fraction of sp³-hybridized carbons (Fsp3) is 0.600. The summed E-state index contributed by atoms with van der Waals surface area (Å²) in [5, 5.41) is 0.656. The Morgan fingerprint density at radius 3 is 2.47 bits per heavy atom. The van der Waals surface area contributed by atoms with Gasteiger partial charge < -0.3 is 14.4 Å². The predicted octanol–water partition coefficient (Wildman–Crippen LogP) is 3.39. The molecule has 0 atom stereocenters. The first-order chi connectivity index (χ1) is 9.17. The zero-order valence-corrected chi connectivity index (χ0v) is 12.9. The summed E-state index contributed by atoms with van der Waals surface area (Å²) in [6.45, 7) is 11.3. The maximum absolute atomic E-state index is 6.08. The van der Waals surface area contributed by atoms with Crippen LogP contribution in [0.3, 0.4) is 0 Å².